The van der Waals surface area contributed by atoms with Gasteiger partial charge in [-0.05, 0) is 51.2 Å². The average Bonchev–Trinajstić information content (AvgIpc) is 2.52. The third-order valence-electron chi connectivity index (χ3n) is 1.63. The minimum Gasteiger partial charge on any atom is -0.366 e. The highest BCUT2D eigenvalue weighted by molar-refractivity contribution is 14.1. The minimum atomic E-state index is 0.255. The van der Waals surface area contributed by atoms with E-state index in [1.165, 1.54) is 4.68 Å². The van der Waals surface area contributed by atoms with Crippen LogP contribution in [0.2, 0.25) is 5.02 Å². The van der Waals surface area contributed by atoms with Crippen LogP contribution in [0, 0.1) is 3.57 Å². The van der Waals surface area contributed by atoms with Crippen LogP contribution < -0.4 is 5.73 Å². The second-order valence-electron chi connectivity index (χ2n) is 2.54. The van der Waals surface area contributed by atoms with Crippen molar-refractivity contribution in [2.45, 2.75) is 0 Å². The molecular formula is C7H5ClIN5. The number of halogens is 2. The van der Waals surface area contributed by atoms with Crippen LogP contribution in [-0.4, -0.2) is 20.2 Å². The lowest BCUT2D eigenvalue weighted by molar-refractivity contribution is 0.789. The predicted octanol–water partition coefficient (Wildman–Crippen LogP) is 1.50. The molecule has 14 heavy (non-hydrogen) atoms. The molecule has 7 heteroatoms. The van der Waals surface area contributed by atoms with Gasteiger partial charge in [-0.25, -0.2) is 0 Å². The maximum Gasteiger partial charge on any atom is 0.245 e. The Labute approximate surface area is 98.4 Å². The first-order valence-electron chi connectivity index (χ1n) is 3.68. The van der Waals surface area contributed by atoms with Gasteiger partial charge in [0.15, 0.2) is 0 Å². The predicted molar refractivity (Wildman–Crippen MR) is 61.3 cm³/mol. The van der Waals surface area contributed by atoms with E-state index in [0.717, 1.165) is 9.26 Å². The Hall–Kier alpha value is -0.890. The lowest BCUT2D eigenvalue weighted by atomic mass is 10.3. The van der Waals surface area contributed by atoms with E-state index < -0.39 is 0 Å². The number of anilines is 1. The third kappa shape index (κ3) is 1.67. The molecule has 1 aromatic carbocycles. The van der Waals surface area contributed by atoms with E-state index in [9.17, 15) is 0 Å². The Morgan fingerprint density at radius 3 is 2.79 bits per heavy atom. The van der Waals surface area contributed by atoms with Crippen LogP contribution in [0.25, 0.3) is 5.69 Å². The average molecular weight is 322 g/mol. The van der Waals surface area contributed by atoms with E-state index in [2.05, 4.69) is 38.1 Å². The molecule has 0 unspecified atom stereocenters. The maximum absolute atomic E-state index is 5.82. The summed E-state index contributed by atoms with van der Waals surface area (Å²) in [4.78, 5) is 0. The summed E-state index contributed by atoms with van der Waals surface area (Å²) in [6.45, 7) is 0. The smallest absolute Gasteiger partial charge is 0.245 e. The monoisotopic (exact) mass is 321 g/mol. The molecule has 1 heterocycles. The third-order valence-corrected chi connectivity index (χ3v) is 2.73. The van der Waals surface area contributed by atoms with Crippen molar-refractivity contribution in [2.24, 2.45) is 0 Å². The van der Waals surface area contributed by atoms with E-state index in [4.69, 9.17) is 17.3 Å². The van der Waals surface area contributed by atoms with Gasteiger partial charge in [0.05, 0.1) is 5.69 Å². The highest BCUT2D eigenvalue weighted by Crippen LogP contribution is 2.21. The fourth-order valence-corrected chi connectivity index (χ4v) is 2.12. The normalized spacial score (nSPS) is 10.4. The van der Waals surface area contributed by atoms with E-state index in [1.807, 2.05) is 12.1 Å². The first-order chi connectivity index (χ1) is 6.68. The Bertz CT molecular complexity index is 469. The van der Waals surface area contributed by atoms with Crippen LogP contribution in [0.5, 0.6) is 0 Å². The SMILES string of the molecule is Nc1nnnn1-c1ccc(Cl)cc1I. The van der Waals surface area contributed by atoms with Gasteiger partial charge >= 0.3 is 0 Å². The number of nitrogens with two attached hydrogens (primary N) is 1. The molecule has 0 amide bonds. The molecule has 0 spiro atoms. The first kappa shape index (κ1) is 9.66. The summed E-state index contributed by atoms with van der Waals surface area (Å²) in [6.07, 6.45) is 0. The summed E-state index contributed by atoms with van der Waals surface area (Å²) in [5, 5.41) is 11.5. The summed E-state index contributed by atoms with van der Waals surface area (Å²) in [6, 6.07) is 5.40. The van der Waals surface area contributed by atoms with Gasteiger partial charge < -0.3 is 5.73 Å². The molecule has 0 aliphatic carbocycles. The van der Waals surface area contributed by atoms with Crippen LogP contribution in [0.4, 0.5) is 5.95 Å². The van der Waals surface area contributed by atoms with Crippen molar-refractivity contribution in [3.63, 3.8) is 0 Å². The van der Waals surface area contributed by atoms with Crippen molar-refractivity contribution in [1.29, 1.82) is 0 Å². The molecule has 5 nitrogen and oxygen atoms in total. The van der Waals surface area contributed by atoms with Crippen LogP contribution in [0.15, 0.2) is 18.2 Å². The number of rotatable bonds is 1. The Kier molecular flexibility index (Phi) is 2.55. The van der Waals surface area contributed by atoms with Gasteiger partial charge in [0.1, 0.15) is 0 Å². The maximum atomic E-state index is 5.82. The van der Waals surface area contributed by atoms with E-state index >= 15 is 0 Å². The van der Waals surface area contributed by atoms with Crippen molar-refractivity contribution in [2.75, 3.05) is 5.73 Å². The summed E-state index contributed by atoms with van der Waals surface area (Å²) in [7, 11) is 0. The summed E-state index contributed by atoms with van der Waals surface area (Å²) < 4.78 is 2.40. The molecule has 1 aromatic heterocycles. The molecule has 0 fully saturated rings. The number of benzene rings is 1. The van der Waals surface area contributed by atoms with Crippen molar-refractivity contribution in [1.82, 2.24) is 20.2 Å². The molecule has 0 bridgehead atoms. The van der Waals surface area contributed by atoms with E-state index in [-0.39, 0.29) is 5.95 Å². The molecule has 0 aliphatic heterocycles. The Morgan fingerprint density at radius 2 is 2.21 bits per heavy atom. The Morgan fingerprint density at radius 1 is 1.43 bits per heavy atom. The van der Waals surface area contributed by atoms with Gasteiger partial charge in [0.25, 0.3) is 0 Å². The fraction of sp³-hybridized carbons (Fsp3) is 0. The minimum absolute atomic E-state index is 0.255. The van der Waals surface area contributed by atoms with Crippen molar-refractivity contribution < 1.29 is 0 Å². The number of aromatic nitrogens is 4. The second kappa shape index (κ2) is 3.70. The van der Waals surface area contributed by atoms with E-state index in [1.54, 1.807) is 6.07 Å². The van der Waals surface area contributed by atoms with Crippen LogP contribution >= 0.6 is 34.2 Å². The molecule has 2 rings (SSSR count). The number of nitrogens with zero attached hydrogens (tertiary/aromatic N) is 4. The zero-order valence-corrected chi connectivity index (χ0v) is 9.77. The van der Waals surface area contributed by atoms with Crippen molar-refractivity contribution in [3.8, 4) is 5.69 Å². The number of hydrogen-bond donors (Lipinski definition) is 1. The number of tetrazole rings is 1. The lowest BCUT2D eigenvalue weighted by Crippen LogP contribution is -2.04. The number of hydrogen-bond acceptors (Lipinski definition) is 4. The molecular weight excluding hydrogens is 316 g/mol. The molecule has 2 aromatic rings. The molecule has 72 valence electrons. The van der Waals surface area contributed by atoms with E-state index in [0.29, 0.717) is 5.02 Å². The molecule has 0 radical (unpaired) electrons. The van der Waals surface area contributed by atoms with Gasteiger partial charge in [-0.15, -0.1) is 0 Å². The fourth-order valence-electron chi connectivity index (χ4n) is 1.02. The number of nitrogen functional groups attached to an aromatic ring is 1. The van der Waals surface area contributed by atoms with Gasteiger partial charge in [0, 0.05) is 8.59 Å². The second-order valence-corrected chi connectivity index (χ2v) is 4.14. The van der Waals surface area contributed by atoms with Crippen LogP contribution in [0.1, 0.15) is 0 Å². The quantitative estimate of drug-likeness (QED) is 0.808. The topological polar surface area (TPSA) is 69.6 Å². The highest BCUT2D eigenvalue weighted by Gasteiger charge is 2.07. The van der Waals surface area contributed by atoms with Gasteiger partial charge in [-0.1, -0.05) is 16.7 Å². The summed E-state index contributed by atoms with van der Waals surface area (Å²) >= 11 is 7.97. The molecule has 0 saturated carbocycles. The van der Waals surface area contributed by atoms with Crippen LogP contribution in [-0.2, 0) is 0 Å². The lowest BCUT2D eigenvalue weighted by Gasteiger charge is -2.03. The molecule has 0 atom stereocenters. The molecule has 0 saturated heterocycles. The zero-order valence-electron chi connectivity index (χ0n) is 6.85. The zero-order chi connectivity index (χ0) is 10.1. The van der Waals surface area contributed by atoms with Gasteiger partial charge in [0.2, 0.25) is 5.95 Å². The van der Waals surface area contributed by atoms with Gasteiger partial charge in [-0.2, -0.15) is 4.68 Å². The van der Waals surface area contributed by atoms with Crippen molar-refractivity contribution >= 4 is 40.1 Å². The first-order valence-corrected chi connectivity index (χ1v) is 5.13. The van der Waals surface area contributed by atoms with Gasteiger partial charge in [-0.3, -0.25) is 0 Å². The summed E-state index contributed by atoms with van der Waals surface area (Å²) in [5.41, 5.74) is 6.39. The standard InChI is InChI=1S/C7H5ClIN5/c8-4-1-2-6(5(9)3-4)14-7(10)11-12-13-14/h1-3H,(H2,10,11,13). The van der Waals surface area contributed by atoms with Crippen molar-refractivity contribution in [3.05, 3.63) is 26.8 Å². The summed E-state index contributed by atoms with van der Waals surface area (Å²) in [5.74, 6) is 0.255. The highest BCUT2D eigenvalue weighted by atomic mass is 127. The molecule has 2 N–H and O–H groups in total. The Balaban J connectivity index is 2.58. The largest absolute Gasteiger partial charge is 0.366 e. The van der Waals surface area contributed by atoms with Crippen LogP contribution in [0.3, 0.4) is 0 Å². The molecule has 0 aliphatic rings.